The van der Waals surface area contributed by atoms with Gasteiger partial charge in [0.05, 0.1) is 23.6 Å². The molecule has 1 atom stereocenters. The molecule has 1 N–H and O–H groups in total. The van der Waals surface area contributed by atoms with Crippen LogP contribution in [0.3, 0.4) is 0 Å². The fourth-order valence-corrected chi connectivity index (χ4v) is 5.57. The lowest BCUT2D eigenvalue weighted by Crippen LogP contribution is -2.43. The van der Waals surface area contributed by atoms with E-state index < -0.39 is 21.8 Å². The Morgan fingerprint density at radius 1 is 1.06 bits per heavy atom. The van der Waals surface area contributed by atoms with Crippen LogP contribution < -0.4 is 14.8 Å². The molecule has 0 saturated carbocycles. The molecule has 3 aromatic rings. The molecule has 7 nitrogen and oxygen atoms in total. The Morgan fingerprint density at radius 3 is 2.49 bits per heavy atom. The topological polar surface area (TPSA) is 84.9 Å². The quantitative estimate of drug-likeness (QED) is 0.457. The van der Waals surface area contributed by atoms with E-state index in [1.165, 1.54) is 23.5 Å². The van der Waals surface area contributed by atoms with Crippen molar-refractivity contribution in [2.75, 3.05) is 25.5 Å². The van der Waals surface area contributed by atoms with Gasteiger partial charge in [0.1, 0.15) is 5.82 Å². The van der Waals surface area contributed by atoms with Crippen molar-refractivity contribution in [1.29, 1.82) is 0 Å². The highest BCUT2D eigenvalue weighted by Gasteiger charge is 2.33. The monoisotopic (exact) mass is 518 g/mol. The second-order valence-corrected chi connectivity index (χ2v) is 10.4. The molecule has 3 aromatic carbocycles. The lowest BCUT2D eigenvalue weighted by atomic mass is 9.98. The number of hydrogen-bond acceptors (Lipinski definition) is 5. The average molecular weight is 519 g/mol. The first-order chi connectivity index (χ1) is 16.8. The first-order valence-electron chi connectivity index (χ1n) is 10.9. The van der Waals surface area contributed by atoms with Gasteiger partial charge >= 0.3 is 0 Å². The van der Waals surface area contributed by atoms with E-state index in [2.05, 4.69) is 5.32 Å². The zero-order valence-electron chi connectivity index (χ0n) is 18.9. The van der Waals surface area contributed by atoms with Gasteiger partial charge in [-0.3, -0.25) is 4.79 Å². The van der Waals surface area contributed by atoms with Gasteiger partial charge in [-0.15, -0.1) is 0 Å². The number of hydrogen-bond donors (Lipinski definition) is 1. The zero-order valence-corrected chi connectivity index (χ0v) is 20.5. The van der Waals surface area contributed by atoms with Crippen molar-refractivity contribution in [3.63, 3.8) is 0 Å². The third-order valence-electron chi connectivity index (χ3n) is 5.69. The second kappa shape index (κ2) is 10.6. The molecule has 0 aromatic heterocycles. The second-order valence-electron chi connectivity index (χ2n) is 8.04. The summed E-state index contributed by atoms with van der Waals surface area (Å²) in [6.07, 6.45) is 1.03. The van der Waals surface area contributed by atoms with Gasteiger partial charge in [0.25, 0.3) is 0 Å². The van der Waals surface area contributed by atoms with E-state index in [-0.39, 0.29) is 23.9 Å². The summed E-state index contributed by atoms with van der Waals surface area (Å²) >= 11 is 6.16. The third kappa shape index (κ3) is 5.75. The molecule has 1 aliphatic heterocycles. The summed E-state index contributed by atoms with van der Waals surface area (Å²) < 4.78 is 51.8. The smallest absolute Gasteiger partial charge is 0.243 e. The van der Waals surface area contributed by atoms with Gasteiger partial charge in [-0.1, -0.05) is 23.7 Å². The molecular formula is C25H24ClFN2O5S. The van der Waals surface area contributed by atoms with Crippen LogP contribution in [-0.4, -0.2) is 38.8 Å². The number of ether oxygens (including phenoxy) is 2. The van der Waals surface area contributed by atoms with Crippen molar-refractivity contribution in [1.82, 2.24) is 4.31 Å². The minimum absolute atomic E-state index is 0.00874. The lowest BCUT2D eigenvalue weighted by molar-refractivity contribution is -0.120. The van der Waals surface area contributed by atoms with Crippen molar-refractivity contribution in [2.45, 2.75) is 17.7 Å². The molecule has 1 amide bonds. The van der Waals surface area contributed by atoms with E-state index in [1.54, 1.807) is 36.4 Å². The van der Waals surface area contributed by atoms with E-state index in [0.29, 0.717) is 40.8 Å². The average Bonchev–Trinajstić information content (AvgIpc) is 2.86. The van der Waals surface area contributed by atoms with Crippen LogP contribution in [0.1, 0.15) is 12.8 Å². The third-order valence-corrected chi connectivity index (χ3v) is 7.81. The predicted molar refractivity (Wildman–Crippen MR) is 131 cm³/mol. The summed E-state index contributed by atoms with van der Waals surface area (Å²) in [5.41, 5.74) is 0.354. The summed E-state index contributed by atoms with van der Waals surface area (Å²) in [5.74, 6) is -0.115. The molecule has 0 aliphatic carbocycles. The van der Waals surface area contributed by atoms with Gasteiger partial charge in [-0.05, 0) is 67.4 Å². The van der Waals surface area contributed by atoms with Crippen LogP contribution >= 0.6 is 11.6 Å². The Kier molecular flexibility index (Phi) is 7.59. The summed E-state index contributed by atoms with van der Waals surface area (Å²) in [6, 6.07) is 16.6. The first-order valence-corrected chi connectivity index (χ1v) is 12.8. The van der Waals surface area contributed by atoms with Gasteiger partial charge < -0.3 is 14.8 Å². The number of piperidine rings is 1. The van der Waals surface area contributed by atoms with E-state index in [9.17, 15) is 17.6 Å². The molecule has 0 bridgehead atoms. The fraction of sp³-hybridized carbons (Fsp3) is 0.240. The highest BCUT2D eigenvalue weighted by molar-refractivity contribution is 7.89. The number of rotatable bonds is 7. The van der Waals surface area contributed by atoms with E-state index in [1.807, 2.05) is 6.07 Å². The minimum atomic E-state index is -3.85. The predicted octanol–water partition coefficient (Wildman–Crippen LogP) is 5.32. The summed E-state index contributed by atoms with van der Waals surface area (Å²) in [4.78, 5) is 13.1. The molecule has 0 radical (unpaired) electrons. The maximum atomic E-state index is 13.2. The standard InChI is InChI=1S/C25H24ClFN2O5S/c1-33-23-6-2-3-7-24(23)34-22-13-8-18(26)15-21(22)28-25(30)17-5-4-14-29(16-17)35(31,32)20-11-9-19(27)10-12-20/h2-3,6-13,15,17H,4-5,14,16H2,1H3,(H,28,30)/t17-/m1/s1. The molecule has 1 heterocycles. The van der Waals surface area contributed by atoms with Crippen LogP contribution in [-0.2, 0) is 14.8 Å². The highest BCUT2D eigenvalue weighted by Crippen LogP contribution is 2.37. The highest BCUT2D eigenvalue weighted by atomic mass is 35.5. The zero-order chi connectivity index (χ0) is 25.0. The van der Waals surface area contributed by atoms with Gasteiger partial charge in [0.2, 0.25) is 15.9 Å². The lowest BCUT2D eigenvalue weighted by Gasteiger charge is -2.31. The largest absolute Gasteiger partial charge is 0.493 e. The number of carbonyl (C=O) groups is 1. The number of sulfonamides is 1. The molecule has 0 spiro atoms. The molecule has 1 saturated heterocycles. The molecule has 0 unspecified atom stereocenters. The summed E-state index contributed by atoms with van der Waals surface area (Å²) in [5, 5.41) is 3.24. The number of amides is 1. The molecule has 35 heavy (non-hydrogen) atoms. The molecular weight excluding hydrogens is 495 g/mol. The van der Waals surface area contributed by atoms with Crippen molar-refractivity contribution in [2.24, 2.45) is 5.92 Å². The number of methoxy groups -OCH3 is 1. The maximum Gasteiger partial charge on any atom is 0.243 e. The molecule has 4 rings (SSSR count). The normalized spacial score (nSPS) is 16.5. The van der Waals surface area contributed by atoms with Crippen LogP contribution in [0, 0.1) is 11.7 Å². The van der Waals surface area contributed by atoms with Gasteiger partial charge in [-0.25, -0.2) is 12.8 Å². The van der Waals surface area contributed by atoms with Crippen LogP contribution in [0.5, 0.6) is 17.2 Å². The Hall–Kier alpha value is -3.14. The molecule has 1 aliphatic rings. The number of anilines is 1. The van der Waals surface area contributed by atoms with Crippen LogP contribution in [0.25, 0.3) is 0 Å². The maximum absolute atomic E-state index is 13.2. The van der Waals surface area contributed by atoms with Crippen molar-refractivity contribution >= 4 is 33.2 Å². The van der Waals surface area contributed by atoms with Crippen molar-refractivity contribution in [3.05, 3.63) is 77.6 Å². The van der Waals surface area contributed by atoms with Crippen molar-refractivity contribution < 1.29 is 27.1 Å². The van der Waals surface area contributed by atoms with Crippen LogP contribution in [0.15, 0.2) is 71.6 Å². The number of benzene rings is 3. The first kappa shape index (κ1) is 25.0. The SMILES string of the molecule is COc1ccccc1Oc1ccc(Cl)cc1NC(=O)[C@@H]1CCCN(S(=O)(=O)c2ccc(F)cc2)C1. The molecule has 1 fully saturated rings. The van der Waals surface area contributed by atoms with Gasteiger partial charge in [-0.2, -0.15) is 4.31 Å². The van der Waals surface area contributed by atoms with Gasteiger partial charge in [0, 0.05) is 18.1 Å². The Bertz CT molecular complexity index is 1320. The fourth-order valence-electron chi connectivity index (χ4n) is 3.88. The summed E-state index contributed by atoms with van der Waals surface area (Å²) in [6.45, 7) is 0.289. The minimum Gasteiger partial charge on any atom is -0.493 e. The Balaban J connectivity index is 1.51. The number of nitrogens with one attached hydrogen (secondary N) is 1. The number of halogens is 2. The number of para-hydroxylation sites is 2. The summed E-state index contributed by atoms with van der Waals surface area (Å²) in [7, 11) is -2.33. The van der Waals surface area contributed by atoms with E-state index in [4.69, 9.17) is 21.1 Å². The Labute approximate surface area is 208 Å². The Morgan fingerprint density at radius 2 is 1.77 bits per heavy atom. The van der Waals surface area contributed by atoms with Crippen LogP contribution in [0.2, 0.25) is 5.02 Å². The van der Waals surface area contributed by atoms with E-state index >= 15 is 0 Å². The number of nitrogens with zero attached hydrogens (tertiary/aromatic N) is 1. The molecule has 184 valence electrons. The van der Waals surface area contributed by atoms with Gasteiger partial charge in [0.15, 0.2) is 17.2 Å². The molecule has 10 heteroatoms. The van der Waals surface area contributed by atoms with Crippen LogP contribution in [0.4, 0.5) is 10.1 Å². The number of carbonyl (C=O) groups excluding carboxylic acids is 1. The van der Waals surface area contributed by atoms with Crippen molar-refractivity contribution in [3.8, 4) is 17.2 Å². The van der Waals surface area contributed by atoms with E-state index in [0.717, 1.165) is 12.1 Å².